The van der Waals surface area contributed by atoms with Gasteiger partial charge in [0.2, 0.25) is 21.8 Å². The van der Waals surface area contributed by atoms with Gasteiger partial charge in [-0.2, -0.15) is 0 Å². The molecule has 1 atom stereocenters. The molecule has 3 aromatic rings. The summed E-state index contributed by atoms with van der Waals surface area (Å²) in [6, 6.07) is 21.1. The van der Waals surface area contributed by atoms with Crippen molar-refractivity contribution in [1.82, 2.24) is 10.2 Å². The Labute approximate surface area is 255 Å². The minimum absolute atomic E-state index is 0.0363. The van der Waals surface area contributed by atoms with E-state index < -0.39 is 16.1 Å². The average molecular weight is 665 g/mol. The van der Waals surface area contributed by atoms with E-state index in [2.05, 4.69) is 21.2 Å². The quantitative estimate of drug-likeness (QED) is 0.248. The standard InChI is InChI=1S/C30H35BrClN3O5S/c1-4-33-30(37)27(19-22-10-6-5-7-11-22)34(21-23-12-8-13-24(31)18-23)29(36)14-9-17-35(41(3,38)39)25-15-16-28(40-2)26(32)20-25/h5-8,10-13,15-16,18,20,27H,4,9,14,17,19,21H2,1-3H3,(H,33,37)/t27-/m1/s1. The van der Waals surface area contributed by atoms with Gasteiger partial charge in [0.15, 0.2) is 0 Å². The van der Waals surface area contributed by atoms with E-state index in [1.807, 2.05) is 61.5 Å². The smallest absolute Gasteiger partial charge is 0.243 e. The van der Waals surface area contributed by atoms with Crippen molar-refractivity contribution < 1.29 is 22.7 Å². The van der Waals surface area contributed by atoms with Gasteiger partial charge < -0.3 is 15.0 Å². The molecule has 0 saturated carbocycles. The highest BCUT2D eigenvalue weighted by Gasteiger charge is 2.30. The van der Waals surface area contributed by atoms with Crippen molar-refractivity contribution >= 4 is 55.1 Å². The van der Waals surface area contributed by atoms with Gasteiger partial charge in [-0.25, -0.2) is 8.42 Å². The van der Waals surface area contributed by atoms with Crippen LogP contribution < -0.4 is 14.4 Å². The minimum atomic E-state index is -3.66. The number of hydrogen-bond acceptors (Lipinski definition) is 5. The Kier molecular flexibility index (Phi) is 12.1. The van der Waals surface area contributed by atoms with E-state index in [4.69, 9.17) is 16.3 Å². The largest absolute Gasteiger partial charge is 0.495 e. The monoisotopic (exact) mass is 663 g/mol. The fourth-order valence-corrected chi connectivity index (χ4v) is 6.15. The Bertz CT molecular complexity index is 1440. The van der Waals surface area contributed by atoms with E-state index in [1.165, 1.54) is 17.5 Å². The van der Waals surface area contributed by atoms with Crippen molar-refractivity contribution in [2.45, 2.75) is 38.8 Å². The molecular weight excluding hydrogens is 630 g/mol. The van der Waals surface area contributed by atoms with Gasteiger partial charge in [0.25, 0.3) is 0 Å². The molecule has 0 fully saturated rings. The Hall–Kier alpha value is -3.08. The topological polar surface area (TPSA) is 96.0 Å². The molecule has 0 bridgehead atoms. The van der Waals surface area contributed by atoms with Crippen LogP contribution in [0.3, 0.4) is 0 Å². The van der Waals surface area contributed by atoms with Crippen molar-refractivity contribution in [3.63, 3.8) is 0 Å². The van der Waals surface area contributed by atoms with Gasteiger partial charge in [0.05, 0.1) is 24.1 Å². The van der Waals surface area contributed by atoms with E-state index in [0.29, 0.717) is 24.4 Å². The fraction of sp³-hybridized carbons (Fsp3) is 0.333. The molecule has 41 heavy (non-hydrogen) atoms. The maximum Gasteiger partial charge on any atom is 0.243 e. The number of carbonyl (C=O) groups excluding carboxylic acids is 2. The molecule has 220 valence electrons. The van der Waals surface area contributed by atoms with E-state index >= 15 is 0 Å². The lowest BCUT2D eigenvalue weighted by Crippen LogP contribution is -2.50. The van der Waals surface area contributed by atoms with Crippen molar-refractivity contribution in [1.29, 1.82) is 0 Å². The maximum atomic E-state index is 13.8. The van der Waals surface area contributed by atoms with Gasteiger partial charge in [-0.05, 0) is 54.8 Å². The second kappa shape index (κ2) is 15.2. The first-order valence-corrected chi connectivity index (χ1v) is 16.2. The number of benzene rings is 3. The number of amides is 2. The number of carbonyl (C=O) groups is 2. The zero-order valence-electron chi connectivity index (χ0n) is 23.3. The minimum Gasteiger partial charge on any atom is -0.495 e. The Morgan fingerprint density at radius 3 is 2.34 bits per heavy atom. The van der Waals surface area contributed by atoms with E-state index in [0.717, 1.165) is 21.9 Å². The van der Waals surface area contributed by atoms with Crippen molar-refractivity contribution in [3.8, 4) is 5.75 Å². The Morgan fingerprint density at radius 1 is 1.02 bits per heavy atom. The second-order valence-corrected chi connectivity index (χ2v) is 12.7. The predicted octanol–water partition coefficient (Wildman–Crippen LogP) is 5.43. The number of rotatable bonds is 14. The lowest BCUT2D eigenvalue weighted by molar-refractivity contribution is -0.141. The zero-order valence-corrected chi connectivity index (χ0v) is 26.5. The van der Waals surface area contributed by atoms with Crippen molar-refractivity contribution in [2.75, 3.05) is 30.8 Å². The van der Waals surface area contributed by atoms with Crippen molar-refractivity contribution in [2.24, 2.45) is 0 Å². The number of nitrogens with one attached hydrogen (secondary N) is 1. The summed E-state index contributed by atoms with van der Waals surface area (Å²) in [6.07, 6.45) is 1.72. The van der Waals surface area contributed by atoms with E-state index in [9.17, 15) is 18.0 Å². The molecule has 2 amide bonds. The lowest BCUT2D eigenvalue weighted by atomic mass is 10.0. The van der Waals surface area contributed by atoms with Crippen LogP contribution in [0.15, 0.2) is 77.3 Å². The Morgan fingerprint density at radius 2 is 1.73 bits per heavy atom. The number of ether oxygens (including phenoxy) is 1. The van der Waals surface area contributed by atoms with Gasteiger partial charge in [-0.1, -0.05) is 70.0 Å². The summed E-state index contributed by atoms with van der Waals surface area (Å²) >= 11 is 9.73. The average Bonchev–Trinajstić information content (AvgIpc) is 2.93. The SMILES string of the molecule is CCNC(=O)[C@@H](Cc1ccccc1)N(Cc1cccc(Br)c1)C(=O)CCCN(c1ccc(OC)c(Cl)c1)S(C)(=O)=O. The van der Waals surface area contributed by atoms with Gasteiger partial charge in [-0.15, -0.1) is 0 Å². The molecule has 3 aromatic carbocycles. The molecule has 0 unspecified atom stereocenters. The number of sulfonamides is 1. The highest BCUT2D eigenvalue weighted by atomic mass is 79.9. The number of methoxy groups -OCH3 is 1. The predicted molar refractivity (Wildman–Crippen MR) is 167 cm³/mol. The number of likely N-dealkylation sites (N-methyl/N-ethyl adjacent to an activating group) is 1. The van der Waals surface area contributed by atoms with E-state index in [-0.39, 0.29) is 42.8 Å². The molecule has 0 radical (unpaired) electrons. The van der Waals surface area contributed by atoms with Crippen LogP contribution in [-0.4, -0.2) is 57.6 Å². The number of anilines is 1. The summed E-state index contributed by atoms with van der Waals surface area (Å²) in [5, 5.41) is 3.15. The van der Waals surface area contributed by atoms with Crippen LogP contribution in [0, 0.1) is 0 Å². The van der Waals surface area contributed by atoms with Crippen molar-refractivity contribution in [3.05, 3.63) is 93.4 Å². The molecule has 0 aromatic heterocycles. The third kappa shape index (κ3) is 9.48. The molecule has 8 nitrogen and oxygen atoms in total. The van der Waals surface area contributed by atoms with E-state index in [1.54, 1.807) is 17.0 Å². The first-order chi connectivity index (χ1) is 19.5. The van der Waals surface area contributed by atoms with Crippen LogP contribution in [0.25, 0.3) is 0 Å². The molecule has 0 aliphatic rings. The molecule has 3 rings (SSSR count). The first-order valence-electron chi connectivity index (χ1n) is 13.2. The molecule has 0 aliphatic heterocycles. The molecule has 0 heterocycles. The summed E-state index contributed by atoms with van der Waals surface area (Å²) in [5.41, 5.74) is 2.16. The van der Waals surface area contributed by atoms with Gasteiger partial charge in [0.1, 0.15) is 11.8 Å². The summed E-state index contributed by atoms with van der Waals surface area (Å²) in [6.45, 7) is 2.54. The highest BCUT2D eigenvalue weighted by Crippen LogP contribution is 2.30. The first kappa shape index (κ1) is 32.4. The molecular formula is C30H35BrClN3O5S. The molecule has 0 spiro atoms. The third-order valence-corrected chi connectivity index (χ3v) is 8.42. The fourth-order valence-electron chi connectivity index (χ4n) is 4.49. The number of halogens is 2. The van der Waals surface area contributed by atoms with Crippen LogP contribution in [0.2, 0.25) is 5.02 Å². The van der Waals surface area contributed by atoms with Gasteiger partial charge in [0, 0.05) is 36.9 Å². The van der Waals surface area contributed by atoms with Crippen LogP contribution >= 0.6 is 27.5 Å². The van der Waals surface area contributed by atoms with Gasteiger partial charge >= 0.3 is 0 Å². The summed E-state index contributed by atoms with van der Waals surface area (Å²) in [4.78, 5) is 28.7. The normalized spacial score (nSPS) is 11.9. The molecule has 0 saturated heterocycles. The molecule has 0 aliphatic carbocycles. The zero-order chi connectivity index (χ0) is 30.0. The number of hydrogen-bond donors (Lipinski definition) is 1. The molecule has 1 N–H and O–H groups in total. The van der Waals surface area contributed by atoms with Gasteiger partial charge in [-0.3, -0.25) is 13.9 Å². The van der Waals surface area contributed by atoms with Crippen LogP contribution in [0.5, 0.6) is 5.75 Å². The highest BCUT2D eigenvalue weighted by molar-refractivity contribution is 9.10. The maximum absolute atomic E-state index is 13.8. The lowest BCUT2D eigenvalue weighted by Gasteiger charge is -2.32. The van der Waals surface area contributed by atoms with Crippen LogP contribution in [0.4, 0.5) is 5.69 Å². The molecule has 11 heteroatoms. The summed E-state index contributed by atoms with van der Waals surface area (Å²) < 4.78 is 32.6. The van der Waals surface area contributed by atoms with Crippen LogP contribution in [0.1, 0.15) is 30.9 Å². The summed E-state index contributed by atoms with van der Waals surface area (Å²) in [5.74, 6) is -0.0687. The van der Waals surface area contributed by atoms with Crippen LogP contribution in [-0.2, 0) is 32.6 Å². The number of nitrogens with zero attached hydrogens (tertiary/aromatic N) is 2. The Balaban J connectivity index is 1.87. The summed E-state index contributed by atoms with van der Waals surface area (Å²) in [7, 11) is -2.19. The second-order valence-electron chi connectivity index (χ2n) is 9.51. The third-order valence-electron chi connectivity index (χ3n) is 6.44.